The van der Waals surface area contributed by atoms with Crippen molar-refractivity contribution < 1.29 is 32.3 Å². The standard InChI is InChI=1S/C19H20F3N3O4/c1-18(2,3)29-17(28)23-9-12-8-13(23)14-15(26)25(16(27)24(12)14)11-6-4-5-10(7-11)19(20,21)22/h4-7,12-14H,8-9H2,1-3H3/t12?,13-,14-/m1/s1. The summed E-state index contributed by atoms with van der Waals surface area (Å²) in [6, 6.07) is 1.62. The van der Waals surface area contributed by atoms with Crippen LogP contribution in [-0.4, -0.2) is 58.1 Å². The molecule has 10 heteroatoms. The monoisotopic (exact) mass is 411 g/mol. The number of imide groups is 1. The Morgan fingerprint density at radius 1 is 1.17 bits per heavy atom. The van der Waals surface area contributed by atoms with Gasteiger partial charge in [0.1, 0.15) is 11.6 Å². The second-order valence-electron chi connectivity index (χ2n) is 8.45. The highest BCUT2D eigenvalue weighted by Crippen LogP contribution is 2.43. The molecule has 3 aliphatic rings. The van der Waals surface area contributed by atoms with E-state index in [9.17, 15) is 27.6 Å². The molecule has 0 aliphatic carbocycles. The van der Waals surface area contributed by atoms with Gasteiger partial charge in [-0.05, 0) is 45.4 Å². The van der Waals surface area contributed by atoms with Gasteiger partial charge in [-0.25, -0.2) is 14.5 Å². The minimum absolute atomic E-state index is 0.132. The Kier molecular flexibility index (Phi) is 4.11. The second kappa shape index (κ2) is 6.11. The van der Waals surface area contributed by atoms with E-state index in [0.29, 0.717) is 6.42 Å². The van der Waals surface area contributed by atoms with Crippen LogP contribution in [0.3, 0.4) is 0 Å². The van der Waals surface area contributed by atoms with E-state index in [0.717, 1.165) is 23.1 Å². The highest BCUT2D eigenvalue weighted by molar-refractivity contribution is 6.22. The molecule has 3 heterocycles. The Morgan fingerprint density at radius 3 is 2.48 bits per heavy atom. The molecule has 0 saturated carbocycles. The number of rotatable bonds is 1. The third-order valence-corrected chi connectivity index (χ3v) is 5.32. The van der Waals surface area contributed by atoms with Gasteiger partial charge in [0.15, 0.2) is 0 Å². The number of anilines is 1. The number of carbonyl (C=O) groups excluding carboxylic acids is 3. The van der Waals surface area contributed by atoms with Gasteiger partial charge in [0, 0.05) is 6.54 Å². The molecular weight excluding hydrogens is 391 g/mol. The van der Waals surface area contributed by atoms with Crippen molar-refractivity contribution in [1.29, 1.82) is 0 Å². The lowest BCUT2D eigenvalue weighted by molar-refractivity contribution is -0.137. The van der Waals surface area contributed by atoms with Crippen molar-refractivity contribution in [3.05, 3.63) is 29.8 Å². The number of ether oxygens (including phenoxy) is 1. The van der Waals surface area contributed by atoms with Crippen molar-refractivity contribution in [1.82, 2.24) is 9.80 Å². The van der Waals surface area contributed by atoms with E-state index in [2.05, 4.69) is 0 Å². The third kappa shape index (κ3) is 3.10. The van der Waals surface area contributed by atoms with E-state index in [-0.39, 0.29) is 18.3 Å². The van der Waals surface area contributed by atoms with Crippen molar-refractivity contribution in [2.75, 3.05) is 11.4 Å². The number of hydrogen-bond acceptors (Lipinski definition) is 4. The summed E-state index contributed by atoms with van der Waals surface area (Å²) in [5.74, 6) is -0.630. The summed E-state index contributed by atoms with van der Waals surface area (Å²) in [5, 5.41) is 0. The summed E-state index contributed by atoms with van der Waals surface area (Å²) >= 11 is 0. The summed E-state index contributed by atoms with van der Waals surface area (Å²) in [6.07, 6.45) is -4.72. The number of urea groups is 1. The molecule has 7 nitrogen and oxygen atoms in total. The average Bonchev–Trinajstić information content (AvgIpc) is 3.24. The van der Waals surface area contributed by atoms with Gasteiger partial charge >= 0.3 is 18.3 Å². The maximum atomic E-state index is 13.0. The molecule has 1 unspecified atom stereocenters. The molecule has 4 rings (SSSR count). The van der Waals surface area contributed by atoms with E-state index < -0.39 is 47.5 Å². The molecule has 29 heavy (non-hydrogen) atoms. The zero-order valence-corrected chi connectivity index (χ0v) is 16.1. The Hall–Kier alpha value is -2.78. The predicted octanol–water partition coefficient (Wildman–Crippen LogP) is 3.23. The summed E-state index contributed by atoms with van der Waals surface area (Å²) in [5.41, 5.74) is -1.79. The van der Waals surface area contributed by atoms with Crippen molar-refractivity contribution in [2.24, 2.45) is 0 Å². The van der Waals surface area contributed by atoms with Crippen LogP contribution in [0.25, 0.3) is 0 Å². The predicted molar refractivity (Wildman–Crippen MR) is 95.1 cm³/mol. The first-order valence-electron chi connectivity index (χ1n) is 9.21. The number of piperazine rings is 1. The summed E-state index contributed by atoms with van der Waals surface area (Å²) in [6.45, 7) is 5.41. The van der Waals surface area contributed by atoms with Crippen molar-refractivity contribution in [3.8, 4) is 0 Å². The largest absolute Gasteiger partial charge is 0.444 e. The van der Waals surface area contributed by atoms with E-state index in [4.69, 9.17) is 4.74 Å². The van der Waals surface area contributed by atoms with Gasteiger partial charge in [0.25, 0.3) is 5.91 Å². The van der Waals surface area contributed by atoms with Gasteiger partial charge in [-0.2, -0.15) is 13.2 Å². The van der Waals surface area contributed by atoms with Crippen LogP contribution in [0.2, 0.25) is 0 Å². The summed E-state index contributed by atoms with van der Waals surface area (Å²) in [4.78, 5) is 42.0. The molecule has 0 N–H and O–H groups in total. The number of carbonyl (C=O) groups is 3. The minimum atomic E-state index is -4.59. The first-order chi connectivity index (χ1) is 13.4. The first-order valence-corrected chi connectivity index (χ1v) is 9.21. The van der Waals surface area contributed by atoms with E-state index in [1.165, 1.54) is 15.9 Å². The maximum absolute atomic E-state index is 13.0. The number of fused-ring (bicyclic) bond motifs is 5. The molecule has 3 fully saturated rings. The van der Waals surface area contributed by atoms with Crippen molar-refractivity contribution in [3.63, 3.8) is 0 Å². The topological polar surface area (TPSA) is 70.2 Å². The van der Waals surface area contributed by atoms with Crippen LogP contribution in [0.5, 0.6) is 0 Å². The Bertz CT molecular complexity index is 895. The molecule has 1 aromatic rings. The lowest BCUT2D eigenvalue weighted by Gasteiger charge is -2.35. The number of halogens is 3. The Balaban J connectivity index is 1.61. The van der Waals surface area contributed by atoms with Crippen LogP contribution < -0.4 is 4.90 Å². The minimum Gasteiger partial charge on any atom is -0.444 e. The zero-order chi connectivity index (χ0) is 21.3. The third-order valence-electron chi connectivity index (χ3n) is 5.32. The molecule has 0 radical (unpaired) electrons. The Morgan fingerprint density at radius 2 is 1.86 bits per heavy atom. The van der Waals surface area contributed by atoms with Crippen LogP contribution in [0.1, 0.15) is 32.8 Å². The SMILES string of the molecule is CC(C)(C)OC(=O)N1CC2C[C@@H]1[C@@H]1C(=O)N(c3cccc(C(F)(F)F)c3)C(=O)N21. The van der Waals surface area contributed by atoms with Gasteiger partial charge in [-0.1, -0.05) is 6.07 Å². The van der Waals surface area contributed by atoms with Crippen LogP contribution in [0.15, 0.2) is 24.3 Å². The molecule has 4 amide bonds. The fraction of sp³-hybridized carbons (Fsp3) is 0.526. The number of alkyl halides is 3. The number of amides is 4. The van der Waals surface area contributed by atoms with Gasteiger partial charge in [-0.15, -0.1) is 0 Å². The lowest BCUT2D eigenvalue weighted by Crippen LogP contribution is -2.55. The van der Waals surface area contributed by atoms with Crippen LogP contribution in [0.4, 0.5) is 28.4 Å². The highest BCUT2D eigenvalue weighted by atomic mass is 19.4. The molecule has 1 aromatic carbocycles. The molecule has 3 saturated heterocycles. The van der Waals surface area contributed by atoms with Gasteiger partial charge in [0.2, 0.25) is 0 Å². The van der Waals surface area contributed by atoms with Crippen molar-refractivity contribution >= 4 is 23.7 Å². The van der Waals surface area contributed by atoms with Crippen LogP contribution >= 0.6 is 0 Å². The van der Waals surface area contributed by atoms with Crippen LogP contribution in [-0.2, 0) is 15.7 Å². The number of likely N-dealkylation sites (tertiary alicyclic amines) is 1. The van der Waals surface area contributed by atoms with Gasteiger partial charge in [-0.3, -0.25) is 4.79 Å². The lowest BCUT2D eigenvalue weighted by atomic mass is 10.1. The maximum Gasteiger partial charge on any atom is 0.416 e. The van der Waals surface area contributed by atoms with E-state index in [1.807, 2.05) is 0 Å². The molecule has 0 aromatic heterocycles. The fourth-order valence-electron chi connectivity index (χ4n) is 4.25. The summed E-state index contributed by atoms with van der Waals surface area (Å²) < 4.78 is 44.5. The number of hydrogen-bond donors (Lipinski definition) is 0. The molecule has 2 bridgehead atoms. The quantitative estimate of drug-likeness (QED) is 0.666. The van der Waals surface area contributed by atoms with Gasteiger partial charge < -0.3 is 14.5 Å². The van der Waals surface area contributed by atoms with E-state index in [1.54, 1.807) is 20.8 Å². The normalized spacial score (nSPS) is 26.4. The smallest absolute Gasteiger partial charge is 0.416 e. The molecular formula is C19H20F3N3O4. The highest BCUT2D eigenvalue weighted by Gasteiger charge is 2.63. The molecule has 3 aliphatic heterocycles. The molecule has 156 valence electrons. The molecule has 3 atom stereocenters. The Labute approximate surface area is 165 Å². The fourth-order valence-corrected chi connectivity index (χ4v) is 4.25. The zero-order valence-electron chi connectivity index (χ0n) is 16.1. The summed E-state index contributed by atoms with van der Waals surface area (Å²) in [7, 11) is 0. The number of nitrogens with zero attached hydrogens (tertiary/aromatic N) is 3. The van der Waals surface area contributed by atoms with Crippen LogP contribution in [0, 0.1) is 0 Å². The van der Waals surface area contributed by atoms with E-state index >= 15 is 0 Å². The molecule has 0 spiro atoms. The number of benzene rings is 1. The second-order valence-corrected chi connectivity index (χ2v) is 8.45. The first kappa shape index (κ1) is 19.5. The van der Waals surface area contributed by atoms with Gasteiger partial charge in [0.05, 0.1) is 23.3 Å². The average molecular weight is 411 g/mol. The van der Waals surface area contributed by atoms with Crippen molar-refractivity contribution in [2.45, 2.75) is 57.1 Å².